The number of H-pyrrole nitrogens is 1. The number of hydrogen-bond donors (Lipinski definition) is 1. The first-order valence-corrected chi connectivity index (χ1v) is 8.54. The number of aromatic amines is 1. The quantitative estimate of drug-likeness (QED) is 0.599. The third kappa shape index (κ3) is 3.82. The van der Waals surface area contributed by atoms with Crippen LogP contribution in [0.25, 0.3) is 11.0 Å². The summed E-state index contributed by atoms with van der Waals surface area (Å²) in [6.07, 6.45) is 0. The van der Waals surface area contributed by atoms with E-state index in [0.29, 0.717) is 0 Å². The molecule has 3 rings (SSSR count). The number of nitrogens with one attached hydrogen (secondary N) is 1. The summed E-state index contributed by atoms with van der Waals surface area (Å²) >= 11 is 0. The summed E-state index contributed by atoms with van der Waals surface area (Å²) in [5, 5.41) is 5.50. The Morgan fingerprint density at radius 1 is 1.31 bits per heavy atom. The first-order chi connectivity index (χ1) is 13.8. The zero-order valence-electron chi connectivity index (χ0n) is 15.8. The van der Waals surface area contributed by atoms with Crippen LogP contribution in [0.5, 0.6) is 5.75 Å². The molecule has 0 aliphatic rings. The minimum absolute atomic E-state index is 0.0327. The molecule has 0 amide bonds. The van der Waals surface area contributed by atoms with Gasteiger partial charge < -0.3 is 9.64 Å². The van der Waals surface area contributed by atoms with Gasteiger partial charge in [0.05, 0.1) is 5.69 Å². The largest absolute Gasteiger partial charge is 0.432 e. The van der Waals surface area contributed by atoms with Gasteiger partial charge in [0.2, 0.25) is 5.95 Å². The van der Waals surface area contributed by atoms with Gasteiger partial charge in [-0.1, -0.05) is 0 Å². The van der Waals surface area contributed by atoms with E-state index in [1.165, 1.54) is 15.9 Å². The van der Waals surface area contributed by atoms with Crippen LogP contribution in [0.4, 0.5) is 29.2 Å². The topological polar surface area (TPSA) is 79.3 Å². The number of anilines is 2. The molecule has 0 fully saturated rings. The number of benzene rings is 1. The monoisotopic (exact) mass is 414 g/mol. The van der Waals surface area contributed by atoms with E-state index < -0.39 is 30.4 Å². The van der Waals surface area contributed by atoms with Gasteiger partial charge in [-0.3, -0.25) is 14.8 Å². The number of nitrogens with zero attached hydrogens (tertiary/aromatic N) is 5. The number of ether oxygens (including phenoxy) is 1. The Hall–Kier alpha value is -3.31. The lowest BCUT2D eigenvalue weighted by atomic mass is 10.3. The van der Waals surface area contributed by atoms with Crippen molar-refractivity contribution in [2.45, 2.75) is 20.2 Å². The van der Waals surface area contributed by atoms with Crippen LogP contribution >= 0.6 is 0 Å². The average molecular weight is 414 g/mol. The van der Waals surface area contributed by atoms with Crippen LogP contribution in [-0.4, -0.2) is 47.1 Å². The van der Waals surface area contributed by atoms with Crippen molar-refractivity contribution in [3.63, 3.8) is 0 Å². The lowest BCUT2D eigenvalue weighted by molar-refractivity contribution is -0.0521. The molecular formula is C17H18F4N6O2. The summed E-state index contributed by atoms with van der Waals surface area (Å²) in [5.41, 5.74) is -0.411. The number of aromatic nitrogens is 4. The van der Waals surface area contributed by atoms with E-state index >= 15 is 0 Å². The molecule has 3 aromatic rings. The Morgan fingerprint density at radius 2 is 2.03 bits per heavy atom. The number of alkyl halides is 3. The van der Waals surface area contributed by atoms with Gasteiger partial charge in [0.1, 0.15) is 17.8 Å². The van der Waals surface area contributed by atoms with Crippen LogP contribution in [0.3, 0.4) is 0 Å². The van der Waals surface area contributed by atoms with Crippen molar-refractivity contribution in [2.75, 3.05) is 30.5 Å². The van der Waals surface area contributed by atoms with Gasteiger partial charge in [-0.2, -0.15) is 23.7 Å². The van der Waals surface area contributed by atoms with Gasteiger partial charge in [0, 0.05) is 26.7 Å². The van der Waals surface area contributed by atoms with E-state index in [4.69, 9.17) is 0 Å². The molecule has 12 heteroatoms. The first kappa shape index (κ1) is 20.4. The third-order valence-electron chi connectivity index (χ3n) is 4.09. The molecule has 0 spiro atoms. The van der Waals surface area contributed by atoms with Crippen LogP contribution in [0.15, 0.2) is 23.0 Å². The van der Waals surface area contributed by atoms with Crippen LogP contribution < -0.4 is 20.2 Å². The van der Waals surface area contributed by atoms with Crippen LogP contribution in [0, 0.1) is 5.82 Å². The van der Waals surface area contributed by atoms with Crippen molar-refractivity contribution in [1.82, 2.24) is 19.9 Å². The number of hydrogen-bond acceptors (Lipinski definition) is 6. The Balaban J connectivity index is 2.17. The molecule has 0 unspecified atom stereocenters. The van der Waals surface area contributed by atoms with E-state index in [1.54, 1.807) is 25.9 Å². The van der Waals surface area contributed by atoms with Crippen molar-refractivity contribution < 1.29 is 22.3 Å². The standard InChI is InChI=1S/C17H18F4N6O2/c1-4-26(9-5-6-12(10(19)7-9)29-16(20)21)27-14-13(11(8-18)24-27)15(28)23-17(22-14)25(2)3/h5-7,16H,4,8H2,1-3H3,(H,22,23,28). The molecule has 2 aromatic heterocycles. The van der Waals surface area contributed by atoms with E-state index in [-0.39, 0.29) is 34.9 Å². The Bertz CT molecular complexity index is 1080. The molecule has 1 N–H and O–H groups in total. The highest BCUT2D eigenvalue weighted by Gasteiger charge is 2.22. The summed E-state index contributed by atoms with van der Waals surface area (Å²) in [7, 11) is 3.32. The normalized spacial score (nSPS) is 11.3. The van der Waals surface area contributed by atoms with Gasteiger partial charge >= 0.3 is 6.61 Å². The second kappa shape index (κ2) is 7.97. The van der Waals surface area contributed by atoms with Crippen LogP contribution in [-0.2, 0) is 6.67 Å². The van der Waals surface area contributed by atoms with Gasteiger partial charge in [-0.05, 0) is 19.1 Å². The van der Waals surface area contributed by atoms with Crippen LogP contribution in [0.2, 0.25) is 0 Å². The highest BCUT2D eigenvalue weighted by atomic mass is 19.3. The lowest BCUT2D eigenvalue weighted by Gasteiger charge is -2.24. The van der Waals surface area contributed by atoms with Gasteiger partial charge in [0.25, 0.3) is 5.56 Å². The summed E-state index contributed by atoms with van der Waals surface area (Å²) < 4.78 is 56.5. The van der Waals surface area contributed by atoms with Crippen molar-refractivity contribution in [2.24, 2.45) is 0 Å². The maximum Gasteiger partial charge on any atom is 0.387 e. The smallest absolute Gasteiger partial charge is 0.387 e. The summed E-state index contributed by atoms with van der Waals surface area (Å²) in [5.74, 6) is -1.40. The van der Waals surface area contributed by atoms with Crippen molar-refractivity contribution in [1.29, 1.82) is 0 Å². The van der Waals surface area contributed by atoms with E-state index in [1.807, 2.05) is 0 Å². The third-order valence-corrected chi connectivity index (χ3v) is 4.09. The van der Waals surface area contributed by atoms with Gasteiger partial charge in [-0.15, -0.1) is 0 Å². The summed E-state index contributed by atoms with van der Waals surface area (Å²) in [6, 6.07) is 3.36. The van der Waals surface area contributed by atoms with Crippen molar-refractivity contribution >= 4 is 22.7 Å². The molecule has 0 aliphatic carbocycles. The van der Waals surface area contributed by atoms with E-state index in [9.17, 15) is 22.4 Å². The van der Waals surface area contributed by atoms with Crippen molar-refractivity contribution in [3.8, 4) is 5.75 Å². The second-order valence-electron chi connectivity index (χ2n) is 6.16. The second-order valence-corrected chi connectivity index (χ2v) is 6.16. The molecular weight excluding hydrogens is 396 g/mol. The average Bonchev–Trinajstić information content (AvgIpc) is 3.03. The Morgan fingerprint density at radius 3 is 2.59 bits per heavy atom. The molecule has 0 saturated carbocycles. The fraction of sp³-hybridized carbons (Fsp3) is 0.353. The molecule has 2 heterocycles. The Kier molecular flexibility index (Phi) is 5.62. The van der Waals surface area contributed by atoms with E-state index in [0.717, 1.165) is 12.1 Å². The van der Waals surface area contributed by atoms with Gasteiger partial charge in [0.15, 0.2) is 17.2 Å². The maximum atomic E-state index is 14.2. The predicted octanol–water partition coefficient (Wildman–Crippen LogP) is 2.69. The summed E-state index contributed by atoms with van der Waals surface area (Å²) in [4.78, 5) is 22.0. The van der Waals surface area contributed by atoms with E-state index in [2.05, 4.69) is 19.8 Å². The molecule has 1 aromatic carbocycles. The molecule has 0 radical (unpaired) electrons. The molecule has 8 nitrogen and oxygen atoms in total. The molecule has 0 saturated heterocycles. The molecule has 0 atom stereocenters. The van der Waals surface area contributed by atoms with Crippen LogP contribution in [0.1, 0.15) is 12.6 Å². The Labute approximate surface area is 162 Å². The predicted molar refractivity (Wildman–Crippen MR) is 98.7 cm³/mol. The number of rotatable bonds is 7. The maximum absolute atomic E-state index is 14.2. The zero-order chi connectivity index (χ0) is 21.3. The lowest BCUT2D eigenvalue weighted by Crippen LogP contribution is -2.31. The SMILES string of the molecule is CCN(c1ccc(OC(F)F)c(F)c1)n1nc(CF)c2c(=O)[nH]c(N(C)C)nc21. The van der Waals surface area contributed by atoms with Gasteiger partial charge in [-0.25, -0.2) is 8.78 Å². The van der Waals surface area contributed by atoms with Crippen molar-refractivity contribution in [3.05, 3.63) is 40.1 Å². The molecule has 0 bridgehead atoms. The zero-order valence-corrected chi connectivity index (χ0v) is 15.8. The number of halogens is 4. The molecule has 29 heavy (non-hydrogen) atoms. The molecule has 156 valence electrons. The highest BCUT2D eigenvalue weighted by molar-refractivity contribution is 5.79. The minimum Gasteiger partial charge on any atom is -0.432 e. The minimum atomic E-state index is -3.17. The molecule has 0 aliphatic heterocycles. The fourth-order valence-electron chi connectivity index (χ4n) is 2.81. The highest BCUT2D eigenvalue weighted by Crippen LogP contribution is 2.27. The first-order valence-electron chi connectivity index (χ1n) is 8.54. The fourth-order valence-corrected chi connectivity index (χ4v) is 2.81. The number of fused-ring (bicyclic) bond motifs is 1. The summed E-state index contributed by atoms with van der Waals surface area (Å²) in [6.45, 7) is -2.24.